The summed E-state index contributed by atoms with van der Waals surface area (Å²) in [5.74, 6) is 1.94. The molecule has 0 amide bonds. The van der Waals surface area contributed by atoms with E-state index in [1.807, 2.05) is 12.1 Å². The maximum atomic E-state index is 13.2. The molecule has 4 aliphatic carbocycles. The van der Waals surface area contributed by atoms with Crippen molar-refractivity contribution >= 4 is 0 Å². The number of rotatable bonds is 7. The number of hydrogen-bond donors (Lipinski definition) is 3. The molecule has 9 atom stereocenters. The van der Waals surface area contributed by atoms with Gasteiger partial charge in [0.15, 0.2) is 0 Å². The number of hydrogen-bond acceptors (Lipinski definition) is 3. The third-order valence-electron chi connectivity index (χ3n) is 12.9. The van der Waals surface area contributed by atoms with Gasteiger partial charge in [0.1, 0.15) is 5.82 Å². The largest absolute Gasteiger partial charge is 0.393 e. The second-order valence-electron chi connectivity index (χ2n) is 14.8. The van der Waals surface area contributed by atoms with E-state index in [-0.39, 0.29) is 39.7 Å². The minimum Gasteiger partial charge on any atom is -0.393 e. The van der Waals surface area contributed by atoms with E-state index in [1.54, 1.807) is 0 Å². The Morgan fingerprint density at radius 1 is 0.974 bits per heavy atom. The Morgan fingerprint density at radius 2 is 1.68 bits per heavy atom. The molecule has 3 fully saturated rings. The molecule has 4 aliphatic rings. The van der Waals surface area contributed by atoms with Crippen molar-refractivity contribution in [3.63, 3.8) is 0 Å². The van der Waals surface area contributed by atoms with Gasteiger partial charge in [-0.25, -0.2) is 4.39 Å². The van der Waals surface area contributed by atoms with Crippen molar-refractivity contribution < 1.29 is 14.6 Å². The van der Waals surface area contributed by atoms with Crippen molar-refractivity contribution in [2.24, 2.45) is 45.3 Å². The molecule has 3 N–H and O–H groups in total. The summed E-state index contributed by atoms with van der Waals surface area (Å²) in [5.41, 5.74) is 2.60. The Bertz CT molecular complexity index is 1040. The number of aliphatic hydroxyl groups is 2. The summed E-state index contributed by atoms with van der Waals surface area (Å²) in [6.45, 7) is 16.1. The highest BCUT2D eigenvalue weighted by Crippen LogP contribution is 2.74. The van der Waals surface area contributed by atoms with Crippen molar-refractivity contribution in [1.29, 1.82) is 0 Å². The molecule has 38 heavy (non-hydrogen) atoms. The molecule has 1 aromatic carbocycles. The minimum absolute atomic E-state index is 0.113. The third-order valence-corrected chi connectivity index (χ3v) is 12.9. The van der Waals surface area contributed by atoms with Crippen LogP contribution in [0.15, 0.2) is 35.9 Å². The first-order valence-corrected chi connectivity index (χ1v) is 15.4. The van der Waals surface area contributed by atoms with Crippen LogP contribution in [0.2, 0.25) is 0 Å². The van der Waals surface area contributed by atoms with Gasteiger partial charge in [0, 0.05) is 17.4 Å². The van der Waals surface area contributed by atoms with Crippen LogP contribution in [0.3, 0.4) is 0 Å². The van der Waals surface area contributed by atoms with Gasteiger partial charge in [-0.1, -0.05) is 65.3 Å². The maximum absolute atomic E-state index is 13.2. The first-order chi connectivity index (χ1) is 17.9. The quantitative estimate of drug-likeness (QED) is 0.259. The number of fused-ring (bicyclic) bond motifs is 5. The van der Waals surface area contributed by atoms with Crippen molar-refractivity contribution in [2.75, 3.05) is 6.54 Å². The van der Waals surface area contributed by atoms with Crippen molar-refractivity contribution in [2.45, 2.75) is 112 Å². The smallest absolute Gasteiger partial charge is 0.123 e. The van der Waals surface area contributed by atoms with Crippen LogP contribution >= 0.6 is 0 Å². The molecule has 0 radical (unpaired) electrons. The molecule has 4 heteroatoms. The fourth-order valence-electron chi connectivity index (χ4n) is 10.2. The summed E-state index contributed by atoms with van der Waals surface area (Å²) >= 11 is 0. The highest BCUT2D eigenvalue weighted by Gasteiger charge is 2.70. The van der Waals surface area contributed by atoms with Crippen LogP contribution in [0.1, 0.15) is 98.5 Å². The predicted octanol–water partition coefficient (Wildman–Crippen LogP) is 7.27. The van der Waals surface area contributed by atoms with E-state index >= 15 is 0 Å². The van der Waals surface area contributed by atoms with Crippen LogP contribution in [0.5, 0.6) is 0 Å². The topological polar surface area (TPSA) is 52.5 Å². The number of allylic oxidation sites excluding steroid dienone is 1. The lowest BCUT2D eigenvalue weighted by Crippen LogP contribution is -2.64. The van der Waals surface area contributed by atoms with Gasteiger partial charge < -0.3 is 15.5 Å². The lowest BCUT2D eigenvalue weighted by Gasteiger charge is -2.67. The van der Waals surface area contributed by atoms with Crippen molar-refractivity contribution in [3.05, 3.63) is 47.3 Å². The summed E-state index contributed by atoms with van der Waals surface area (Å²) in [6, 6.07) is 6.77. The number of aliphatic hydroxyl groups excluding tert-OH is 2. The monoisotopic (exact) mass is 525 g/mol. The van der Waals surface area contributed by atoms with E-state index < -0.39 is 0 Å². The molecule has 0 aliphatic heterocycles. The van der Waals surface area contributed by atoms with Gasteiger partial charge >= 0.3 is 0 Å². The SMILES string of the molecule is C[C@H](CCCNCc1ccc(F)cc1)[C@H]1CC[C@@]2(C)[C@@H]3CC=C4[C@@H](CC[C@H](O)C4(C)C)[C@]3(C)[C@H](O)C[C@]12C. The van der Waals surface area contributed by atoms with Gasteiger partial charge in [-0.15, -0.1) is 0 Å². The van der Waals surface area contributed by atoms with Crippen LogP contribution < -0.4 is 5.32 Å². The number of benzene rings is 1. The van der Waals surface area contributed by atoms with E-state index in [0.29, 0.717) is 23.7 Å². The zero-order chi connectivity index (χ0) is 27.5. The number of nitrogens with one attached hydrogen (secondary N) is 1. The molecule has 212 valence electrons. The molecule has 0 saturated heterocycles. The molecule has 3 saturated carbocycles. The second-order valence-corrected chi connectivity index (χ2v) is 14.8. The van der Waals surface area contributed by atoms with Crippen LogP contribution in [0.4, 0.5) is 4.39 Å². The zero-order valence-electron chi connectivity index (χ0n) is 24.7. The first kappa shape index (κ1) is 28.3. The predicted molar refractivity (Wildman–Crippen MR) is 153 cm³/mol. The normalized spacial score (nSPS) is 42.6. The lowest BCUT2D eigenvalue weighted by atomic mass is 9.38. The van der Waals surface area contributed by atoms with E-state index in [9.17, 15) is 14.6 Å². The van der Waals surface area contributed by atoms with Gasteiger partial charge in [0.2, 0.25) is 0 Å². The summed E-state index contributed by atoms with van der Waals surface area (Å²) in [6.07, 6.45) is 10.6. The molecule has 0 spiro atoms. The second kappa shape index (κ2) is 10.00. The molecule has 0 heterocycles. The van der Waals surface area contributed by atoms with Gasteiger partial charge in [-0.3, -0.25) is 0 Å². The molecule has 0 bridgehead atoms. The van der Waals surface area contributed by atoms with Gasteiger partial charge in [-0.2, -0.15) is 0 Å². The van der Waals surface area contributed by atoms with E-state index in [0.717, 1.165) is 50.8 Å². The Hall–Kier alpha value is -1.23. The Labute approximate surface area is 230 Å². The highest BCUT2D eigenvalue weighted by molar-refractivity contribution is 5.31. The van der Waals surface area contributed by atoms with Gasteiger partial charge in [-0.05, 0) is 110 Å². The molecule has 5 rings (SSSR count). The molecule has 0 aromatic heterocycles. The first-order valence-electron chi connectivity index (χ1n) is 15.4. The van der Waals surface area contributed by atoms with E-state index in [4.69, 9.17) is 0 Å². The summed E-state index contributed by atoms with van der Waals surface area (Å²) < 4.78 is 13.2. The molecule has 0 unspecified atom stereocenters. The summed E-state index contributed by atoms with van der Waals surface area (Å²) in [7, 11) is 0. The molecule has 3 nitrogen and oxygen atoms in total. The average molecular weight is 526 g/mol. The van der Waals surface area contributed by atoms with Crippen molar-refractivity contribution in [3.8, 4) is 0 Å². The Kier molecular flexibility index (Phi) is 7.45. The van der Waals surface area contributed by atoms with Crippen molar-refractivity contribution in [1.82, 2.24) is 5.32 Å². The number of halogens is 1. The fraction of sp³-hybridized carbons (Fsp3) is 0.765. The standard InChI is InChI=1S/C34H52FNO2/c1-22(8-7-19-36-21-23-9-11-24(35)12-10-23)25-17-18-32(4)28-15-13-26-27(14-16-29(37)31(26,2)3)34(28,6)30(38)20-33(25,32)5/h9-13,22,25,27-30,36-38H,7-8,14-21H2,1-6H3/t22-,25-,27-,28+,29+,30-,32+,33-,34+/m1/s1. The highest BCUT2D eigenvalue weighted by atomic mass is 19.1. The van der Waals surface area contributed by atoms with Crippen LogP contribution in [0.25, 0.3) is 0 Å². The fourth-order valence-corrected chi connectivity index (χ4v) is 10.2. The molecule has 1 aromatic rings. The summed E-state index contributed by atoms with van der Waals surface area (Å²) in [5, 5.41) is 26.4. The van der Waals surface area contributed by atoms with Crippen LogP contribution in [-0.2, 0) is 6.54 Å². The van der Waals surface area contributed by atoms with E-state index in [1.165, 1.54) is 37.0 Å². The Balaban J connectivity index is 1.27. The summed E-state index contributed by atoms with van der Waals surface area (Å²) in [4.78, 5) is 0. The van der Waals surface area contributed by atoms with Crippen LogP contribution in [0, 0.1) is 51.1 Å². The van der Waals surface area contributed by atoms with Crippen LogP contribution in [-0.4, -0.2) is 29.0 Å². The molecular formula is C34H52FNO2. The molecular weight excluding hydrogens is 473 g/mol. The van der Waals surface area contributed by atoms with Gasteiger partial charge in [0.05, 0.1) is 12.2 Å². The maximum Gasteiger partial charge on any atom is 0.123 e. The zero-order valence-corrected chi connectivity index (χ0v) is 24.7. The average Bonchev–Trinajstić information content (AvgIpc) is 3.13. The minimum atomic E-state index is -0.296. The third kappa shape index (κ3) is 4.23. The van der Waals surface area contributed by atoms with Gasteiger partial charge in [0.25, 0.3) is 0 Å². The Morgan fingerprint density at radius 3 is 2.39 bits per heavy atom. The lowest BCUT2D eigenvalue weighted by molar-refractivity contribution is -0.204. The van der Waals surface area contributed by atoms with E-state index in [2.05, 4.69) is 52.9 Å².